The van der Waals surface area contributed by atoms with Gasteiger partial charge in [-0.1, -0.05) is 29.8 Å². The summed E-state index contributed by atoms with van der Waals surface area (Å²) < 4.78 is 13.4. The van der Waals surface area contributed by atoms with Gasteiger partial charge in [0.05, 0.1) is 6.04 Å². The molecule has 0 amide bonds. The molecule has 1 unspecified atom stereocenters. The molecule has 74 valence electrons. The van der Waals surface area contributed by atoms with Crippen molar-refractivity contribution in [1.29, 1.82) is 0 Å². The third kappa shape index (κ3) is 1.70. The highest BCUT2D eigenvalue weighted by Crippen LogP contribution is 2.29. The van der Waals surface area contributed by atoms with Crippen LogP contribution < -0.4 is 5.73 Å². The highest BCUT2D eigenvalue weighted by Gasteiger charge is 2.17. The lowest BCUT2D eigenvalue weighted by Crippen LogP contribution is -2.13. The zero-order valence-electron chi connectivity index (χ0n) is 8.04. The maximum atomic E-state index is 13.4. The molecular weight excluding hydrogens is 177 g/mol. The van der Waals surface area contributed by atoms with Gasteiger partial charge in [0.2, 0.25) is 0 Å². The van der Waals surface area contributed by atoms with Gasteiger partial charge in [0, 0.05) is 5.56 Å². The second-order valence-corrected chi connectivity index (χ2v) is 3.67. The van der Waals surface area contributed by atoms with Gasteiger partial charge in [-0.2, -0.15) is 0 Å². The third-order valence-electron chi connectivity index (χ3n) is 2.72. The van der Waals surface area contributed by atoms with Crippen LogP contribution >= 0.6 is 0 Å². The second kappa shape index (κ2) is 3.93. The summed E-state index contributed by atoms with van der Waals surface area (Å²) in [6.07, 6.45) is 5.38. The minimum Gasteiger partial charge on any atom is -0.320 e. The molecule has 2 rings (SSSR count). The fourth-order valence-corrected chi connectivity index (χ4v) is 1.91. The summed E-state index contributed by atoms with van der Waals surface area (Å²) in [6, 6.07) is 6.49. The molecule has 0 saturated heterocycles. The van der Waals surface area contributed by atoms with E-state index < -0.39 is 0 Å². The number of hydrogen-bond donors (Lipinski definition) is 1. The summed E-state index contributed by atoms with van der Waals surface area (Å²) in [7, 11) is 0. The lowest BCUT2D eigenvalue weighted by molar-refractivity contribution is 0.595. The Hall–Kier alpha value is -1.15. The molecule has 0 fully saturated rings. The Bertz CT molecular complexity index is 357. The predicted octanol–water partition coefficient (Wildman–Crippen LogP) is 2.94. The minimum absolute atomic E-state index is 0.201. The maximum absolute atomic E-state index is 13.4. The maximum Gasteiger partial charge on any atom is 0.128 e. The van der Waals surface area contributed by atoms with Crippen molar-refractivity contribution in [2.24, 2.45) is 5.73 Å². The van der Waals surface area contributed by atoms with Gasteiger partial charge in [-0.3, -0.25) is 0 Å². The van der Waals surface area contributed by atoms with Crippen molar-refractivity contribution >= 4 is 0 Å². The molecule has 1 aliphatic rings. The van der Waals surface area contributed by atoms with Crippen molar-refractivity contribution in [1.82, 2.24) is 0 Å². The third-order valence-corrected chi connectivity index (χ3v) is 2.72. The van der Waals surface area contributed by atoms with E-state index in [1.807, 2.05) is 6.07 Å². The van der Waals surface area contributed by atoms with Gasteiger partial charge >= 0.3 is 0 Å². The average Bonchev–Trinajstić information content (AvgIpc) is 2.70. The molecule has 0 spiro atoms. The number of halogens is 1. The number of allylic oxidation sites excluding steroid dienone is 1. The SMILES string of the molecule is NC(C1=CCCC1)c1ccccc1F. The summed E-state index contributed by atoms with van der Waals surface area (Å²) in [5, 5.41) is 0. The highest BCUT2D eigenvalue weighted by atomic mass is 19.1. The molecule has 2 heteroatoms. The van der Waals surface area contributed by atoms with E-state index in [9.17, 15) is 4.39 Å². The lowest BCUT2D eigenvalue weighted by atomic mass is 9.99. The Morgan fingerprint density at radius 3 is 2.71 bits per heavy atom. The topological polar surface area (TPSA) is 26.0 Å². The van der Waals surface area contributed by atoms with Gasteiger partial charge < -0.3 is 5.73 Å². The van der Waals surface area contributed by atoms with Crippen LogP contribution in [0.3, 0.4) is 0 Å². The first-order valence-electron chi connectivity index (χ1n) is 4.98. The second-order valence-electron chi connectivity index (χ2n) is 3.67. The van der Waals surface area contributed by atoms with E-state index in [1.165, 1.54) is 11.6 Å². The Kier molecular flexibility index (Phi) is 2.64. The Morgan fingerprint density at radius 1 is 1.29 bits per heavy atom. The molecule has 0 saturated carbocycles. The molecule has 0 aliphatic heterocycles. The van der Waals surface area contributed by atoms with E-state index in [2.05, 4.69) is 6.08 Å². The first-order chi connectivity index (χ1) is 6.79. The molecule has 0 heterocycles. The summed E-state index contributed by atoms with van der Waals surface area (Å²) >= 11 is 0. The smallest absolute Gasteiger partial charge is 0.128 e. The van der Waals surface area contributed by atoms with E-state index in [0.29, 0.717) is 5.56 Å². The van der Waals surface area contributed by atoms with Crippen molar-refractivity contribution in [2.45, 2.75) is 25.3 Å². The zero-order valence-corrected chi connectivity index (χ0v) is 8.04. The van der Waals surface area contributed by atoms with Crippen molar-refractivity contribution in [3.05, 3.63) is 47.3 Å². The summed E-state index contributed by atoms with van der Waals surface area (Å²) in [5.74, 6) is -0.201. The van der Waals surface area contributed by atoms with E-state index in [0.717, 1.165) is 19.3 Å². The molecule has 1 aromatic rings. The van der Waals surface area contributed by atoms with Gasteiger partial charge in [0.25, 0.3) is 0 Å². The molecule has 1 nitrogen and oxygen atoms in total. The van der Waals surface area contributed by atoms with Gasteiger partial charge in [-0.25, -0.2) is 4.39 Å². The van der Waals surface area contributed by atoms with Crippen LogP contribution in [0.1, 0.15) is 30.9 Å². The molecule has 14 heavy (non-hydrogen) atoms. The van der Waals surface area contributed by atoms with Gasteiger partial charge in [0.15, 0.2) is 0 Å². The predicted molar refractivity (Wildman–Crippen MR) is 55.3 cm³/mol. The minimum atomic E-state index is -0.251. The molecule has 0 bridgehead atoms. The first-order valence-corrected chi connectivity index (χ1v) is 4.98. The van der Waals surface area contributed by atoms with Crippen LogP contribution in [0.15, 0.2) is 35.9 Å². The molecule has 1 aromatic carbocycles. The van der Waals surface area contributed by atoms with E-state index >= 15 is 0 Å². The van der Waals surface area contributed by atoms with Crippen molar-refractivity contribution in [3.63, 3.8) is 0 Å². The van der Waals surface area contributed by atoms with Gasteiger partial charge in [0.1, 0.15) is 5.82 Å². The van der Waals surface area contributed by atoms with E-state index in [1.54, 1.807) is 12.1 Å². The summed E-state index contributed by atoms with van der Waals surface area (Å²) in [4.78, 5) is 0. The van der Waals surface area contributed by atoms with Crippen LogP contribution in [-0.2, 0) is 0 Å². The highest BCUT2D eigenvalue weighted by molar-refractivity contribution is 5.30. The molecule has 2 N–H and O–H groups in total. The molecule has 1 aliphatic carbocycles. The fourth-order valence-electron chi connectivity index (χ4n) is 1.91. The van der Waals surface area contributed by atoms with Crippen LogP contribution in [0.4, 0.5) is 4.39 Å². The lowest BCUT2D eigenvalue weighted by Gasteiger charge is -2.13. The van der Waals surface area contributed by atoms with Crippen LogP contribution in [0.5, 0.6) is 0 Å². The summed E-state index contributed by atoms with van der Waals surface area (Å²) in [6.45, 7) is 0. The van der Waals surface area contributed by atoms with Gasteiger partial charge in [-0.15, -0.1) is 0 Å². The van der Waals surface area contributed by atoms with Crippen LogP contribution in [0.25, 0.3) is 0 Å². The van der Waals surface area contributed by atoms with Crippen LogP contribution in [0, 0.1) is 5.82 Å². The summed E-state index contributed by atoms with van der Waals surface area (Å²) in [5.41, 5.74) is 7.78. The average molecular weight is 191 g/mol. The first kappa shape index (κ1) is 9.41. The van der Waals surface area contributed by atoms with Crippen molar-refractivity contribution < 1.29 is 4.39 Å². The standard InChI is InChI=1S/C12H14FN/c13-11-8-4-3-7-10(11)12(14)9-5-1-2-6-9/h3-5,7-8,12H,1-2,6,14H2. The van der Waals surface area contributed by atoms with Gasteiger partial charge in [-0.05, 0) is 25.3 Å². The van der Waals surface area contributed by atoms with E-state index in [-0.39, 0.29) is 11.9 Å². The molecule has 1 atom stereocenters. The Balaban J connectivity index is 2.26. The molecule has 0 radical (unpaired) electrons. The fraction of sp³-hybridized carbons (Fsp3) is 0.333. The number of rotatable bonds is 2. The number of nitrogens with two attached hydrogens (primary N) is 1. The van der Waals surface area contributed by atoms with Crippen LogP contribution in [0.2, 0.25) is 0 Å². The monoisotopic (exact) mass is 191 g/mol. The Labute approximate surface area is 83.4 Å². The van der Waals surface area contributed by atoms with Crippen LogP contribution in [-0.4, -0.2) is 0 Å². The quantitative estimate of drug-likeness (QED) is 0.714. The van der Waals surface area contributed by atoms with E-state index in [4.69, 9.17) is 5.73 Å². The van der Waals surface area contributed by atoms with Crippen molar-refractivity contribution in [3.8, 4) is 0 Å². The normalized spacial score (nSPS) is 18.0. The Morgan fingerprint density at radius 2 is 2.07 bits per heavy atom. The zero-order chi connectivity index (χ0) is 9.97. The van der Waals surface area contributed by atoms with Crippen molar-refractivity contribution in [2.75, 3.05) is 0 Å². The molecular formula is C12H14FN. The number of benzene rings is 1. The largest absolute Gasteiger partial charge is 0.320 e. The number of hydrogen-bond acceptors (Lipinski definition) is 1. The molecule has 0 aromatic heterocycles.